The predicted octanol–water partition coefficient (Wildman–Crippen LogP) is 6.51. The molecule has 0 aliphatic carbocycles. The summed E-state index contributed by atoms with van der Waals surface area (Å²) < 4.78 is 0. The smallest absolute Gasteiger partial charge is 0.0319 e. The van der Waals surface area contributed by atoms with Crippen LogP contribution in [0.5, 0.6) is 0 Å². The van der Waals surface area contributed by atoms with E-state index in [-0.39, 0.29) is 0 Å². The molecular formula is C16H33P. The molecule has 17 heavy (non-hydrogen) atoms. The lowest BCUT2D eigenvalue weighted by Gasteiger charge is -2.01. The van der Waals surface area contributed by atoms with Crippen LogP contribution in [0.1, 0.15) is 84.5 Å². The highest BCUT2D eigenvalue weighted by atomic mass is 31.1. The summed E-state index contributed by atoms with van der Waals surface area (Å²) in [7, 11) is 1.07. The Kier molecular flexibility index (Phi) is 16.3. The maximum absolute atomic E-state index is 2.40. The fourth-order valence-electron chi connectivity index (χ4n) is 1.95. The van der Waals surface area contributed by atoms with Gasteiger partial charge in [-0.25, -0.2) is 0 Å². The average molecular weight is 256 g/mol. The molecule has 0 fully saturated rings. The monoisotopic (exact) mass is 256 g/mol. The van der Waals surface area contributed by atoms with Gasteiger partial charge in [-0.2, -0.15) is 0 Å². The van der Waals surface area contributed by atoms with Gasteiger partial charge in [0.2, 0.25) is 0 Å². The summed E-state index contributed by atoms with van der Waals surface area (Å²) >= 11 is 0. The summed E-state index contributed by atoms with van der Waals surface area (Å²) in [6.07, 6.45) is 19.4. The Morgan fingerprint density at radius 3 is 1.88 bits per heavy atom. The van der Waals surface area contributed by atoms with Crippen LogP contribution in [0.25, 0.3) is 0 Å². The van der Waals surface area contributed by atoms with Crippen LogP contribution in [-0.2, 0) is 0 Å². The fourth-order valence-corrected chi connectivity index (χ4v) is 2.91. The molecule has 0 amide bonds. The maximum atomic E-state index is 2.40. The summed E-state index contributed by atoms with van der Waals surface area (Å²) in [6, 6.07) is 0. The molecule has 0 radical (unpaired) electrons. The van der Waals surface area contributed by atoms with E-state index in [1.165, 1.54) is 76.8 Å². The van der Waals surface area contributed by atoms with Crippen LogP contribution in [0.15, 0.2) is 11.9 Å². The van der Waals surface area contributed by atoms with Crippen molar-refractivity contribution < 1.29 is 0 Å². The van der Waals surface area contributed by atoms with Crippen molar-refractivity contribution in [3.63, 3.8) is 0 Å². The second kappa shape index (κ2) is 16.2. The zero-order valence-electron chi connectivity index (χ0n) is 12.1. The van der Waals surface area contributed by atoms with Crippen molar-refractivity contribution in [1.29, 1.82) is 0 Å². The minimum absolute atomic E-state index is 1.07. The molecule has 0 spiro atoms. The molecule has 1 heteroatoms. The molecule has 0 N–H and O–H groups in total. The largest absolute Gasteiger partial charge is 0.0987 e. The molecule has 0 aromatic carbocycles. The predicted molar refractivity (Wildman–Crippen MR) is 84.5 cm³/mol. The van der Waals surface area contributed by atoms with Crippen LogP contribution in [0.3, 0.4) is 0 Å². The van der Waals surface area contributed by atoms with Crippen molar-refractivity contribution in [2.45, 2.75) is 84.5 Å². The van der Waals surface area contributed by atoms with Crippen LogP contribution in [-0.4, -0.2) is 6.16 Å². The maximum Gasteiger partial charge on any atom is -0.0319 e. The van der Waals surface area contributed by atoms with E-state index in [4.69, 9.17) is 0 Å². The van der Waals surface area contributed by atoms with Crippen molar-refractivity contribution >= 4 is 8.58 Å². The molecule has 0 nitrogen and oxygen atoms in total. The molecular weight excluding hydrogens is 223 g/mol. The third-order valence-electron chi connectivity index (χ3n) is 3.12. The molecule has 1 unspecified atom stereocenters. The number of unbranched alkanes of at least 4 members (excludes halogenated alkanes) is 9. The first-order chi connectivity index (χ1) is 8.41. The topological polar surface area (TPSA) is 0 Å². The van der Waals surface area contributed by atoms with Crippen molar-refractivity contribution in [1.82, 2.24) is 0 Å². The molecule has 0 saturated carbocycles. The number of hydrogen-bond donors (Lipinski definition) is 0. The van der Waals surface area contributed by atoms with Gasteiger partial charge in [-0.05, 0) is 19.0 Å². The Morgan fingerprint density at radius 2 is 1.29 bits per heavy atom. The van der Waals surface area contributed by atoms with Gasteiger partial charge in [0.05, 0.1) is 0 Å². The van der Waals surface area contributed by atoms with E-state index in [1.54, 1.807) is 0 Å². The van der Waals surface area contributed by atoms with Gasteiger partial charge in [0, 0.05) is 0 Å². The lowest BCUT2D eigenvalue weighted by Crippen LogP contribution is -1.82. The van der Waals surface area contributed by atoms with Crippen molar-refractivity contribution in [3.05, 3.63) is 11.9 Å². The lowest BCUT2D eigenvalue weighted by atomic mass is 10.1. The summed E-state index contributed by atoms with van der Waals surface area (Å²) in [4.78, 5) is 0. The number of rotatable bonds is 13. The Hall–Kier alpha value is 0.170. The van der Waals surface area contributed by atoms with E-state index in [0.29, 0.717) is 0 Å². The fraction of sp³-hybridized carbons (Fsp3) is 0.875. The van der Waals surface area contributed by atoms with Gasteiger partial charge in [0.1, 0.15) is 0 Å². The quantitative estimate of drug-likeness (QED) is 0.260. The standard InChI is InChI=1S/C16H33P/c1-3-5-7-8-9-10-11-12-14-16-17-15-13-6-4-2/h13,15,17H,3-12,14,16H2,1-2H3. The normalized spacial score (nSPS) is 12.1. The highest BCUT2D eigenvalue weighted by molar-refractivity contribution is 7.41. The minimum atomic E-state index is 1.07. The molecule has 0 saturated heterocycles. The minimum Gasteiger partial charge on any atom is -0.0987 e. The van der Waals surface area contributed by atoms with Crippen LogP contribution >= 0.6 is 8.58 Å². The third-order valence-corrected chi connectivity index (χ3v) is 4.23. The molecule has 0 bridgehead atoms. The lowest BCUT2D eigenvalue weighted by molar-refractivity contribution is 0.573. The van der Waals surface area contributed by atoms with Gasteiger partial charge < -0.3 is 0 Å². The van der Waals surface area contributed by atoms with Gasteiger partial charge in [0.25, 0.3) is 0 Å². The van der Waals surface area contributed by atoms with E-state index in [2.05, 4.69) is 25.7 Å². The van der Waals surface area contributed by atoms with Crippen LogP contribution in [0.2, 0.25) is 0 Å². The van der Waals surface area contributed by atoms with E-state index in [0.717, 1.165) is 8.58 Å². The van der Waals surface area contributed by atoms with Crippen molar-refractivity contribution in [3.8, 4) is 0 Å². The van der Waals surface area contributed by atoms with E-state index in [9.17, 15) is 0 Å². The van der Waals surface area contributed by atoms with E-state index >= 15 is 0 Å². The van der Waals surface area contributed by atoms with Gasteiger partial charge in [0.15, 0.2) is 0 Å². The van der Waals surface area contributed by atoms with Gasteiger partial charge >= 0.3 is 0 Å². The Balaban J connectivity index is 2.94. The molecule has 0 aromatic rings. The van der Waals surface area contributed by atoms with Crippen molar-refractivity contribution in [2.24, 2.45) is 0 Å². The second-order valence-corrected chi connectivity index (χ2v) is 6.22. The second-order valence-electron chi connectivity index (χ2n) is 4.97. The average Bonchev–Trinajstić information content (AvgIpc) is 2.35. The number of hydrogen-bond acceptors (Lipinski definition) is 0. The summed E-state index contributed by atoms with van der Waals surface area (Å²) in [6.45, 7) is 4.53. The van der Waals surface area contributed by atoms with Crippen LogP contribution in [0.4, 0.5) is 0 Å². The first-order valence-electron chi connectivity index (χ1n) is 7.80. The Morgan fingerprint density at radius 1 is 0.706 bits per heavy atom. The summed E-state index contributed by atoms with van der Waals surface area (Å²) in [5.74, 6) is 2.40. The van der Waals surface area contributed by atoms with Gasteiger partial charge in [-0.15, -0.1) is 0 Å². The van der Waals surface area contributed by atoms with Crippen molar-refractivity contribution in [2.75, 3.05) is 6.16 Å². The van der Waals surface area contributed by atoms with Gasteiger partial charge in [-0.1, -0.05) is 92.1 Å². The van der Waals surface area contributed by atoms with Crippen LogP contribution in [0, 0.1) is 0 Å². The summed E-state index contributed by atoms with van der Waals surface area (Å²) in [5, 5.41) is 0. The SMILES string of the molecule is CCCC=CPCCCCCCCCCCC. The molecule has 0 rings (SSSR count). The van der Waals surface area contributed by atoms with E-state index in [1.807, 2.05) is 0 Å². The van der Waals surface area contributed by atoms with Crippen LogP contribution < -0.4 is 0 Å². The zero-order chi connectivity index (χ0) is 12.6. The van der Waals surface area contributed by atoms with E-state index < -0.39 is 0 Å². The summed E-state index contributed by atoms with van der Waals surface area (Å²) in [5.41, 5.74) is 0. The van der Waals surface area contributed by atoms with Gasteiger partial charge in [-0.3, -0.25) is 0 Å². The highest BCUT2D eigenvalue weighted by Gasteiger charge is 1.91. The first-order valence-corrected chi connectivity index (χ1v) is 9.08. The molecule has 0 heterocycles. The Labute approximate surface area is 111 Å². The molecule has 0 aliphatic heterocycles. The third kappa shape index (κ3) is 16.2. The zero-order valence-corrected chi connectivity index (χ0v) is 13.1. The molecule has 0 aliphatic rings. The highest BCUT2D eigenvalue weighted by Crippen LogP contribution is 2.17. The molecule has 1 atom stereocenters. The molecule has 0 aromatic heterocycles. The Bertz CT molecular complexity index is 152. The molecule has 102 valence electrons. The first kappa shape index (κ1) is 17.2. The number of allylic oxidation sites excluding steroid dienone is 1.